The van der Waals surface area contributed by atoms with Gasteiger partial charge in [0.25, 0.3) is 0 Å². The van der Waals surface area contributed by atoms with E-state index in [1.54, 1.807) is 0 Å². The Morgan fingerprint density at radius 3 is 1.71 bits per heavy atom. The van der Waals surface area contributed by atoms with Crippen molar-refractivity contribution in [2.75, 3.05) is 0 Å². The Bertz CT molecular complexity index is 826. The van der Waals surface area contributed by atoms with Crippen LogP contribution in [0.25, 0.3) is 26.5 Å². The number of hydrogen-bond acceptors (Lipinski definition) is 2. The van der Waals surface area contributed by atoms with Crippen LogP contribution < -0.4 is 0 Å². The van der Waals surface area contributed by atoms with Crippen molar-refractivity contribution in [3.63, 3.8) is 0 Å². The molecule has 0 saturated carbocycles. The van der Waals surface area contributed by atoms with Crippen LogP contribution in [0.1, 0.15) is 25.0 Å². The molecule has 0 amide bonds. The van der Waals surface area contributed by atoms with Gasteiger partial charge in [0.05, 0.1) is 10.8 Å². The van der Waals surface area contributed by atoms with Crippen molar-refractivity contribution in [1.29, 1.82) is 5.39 Å². The third kappa shape index (κ3) is 2.00. The molecular formula is C18H17N2O+. The Morgan fingerprint density at radius 2 is 1.33 bits per heavy atom. The van der Waals surface area contributed by atoms with E-state index in [4.69, 9.17) is 0 Å². The van der Waals surface area contributed by atoms with Crippen LogP contribution in [0.5, 0.6) is 5.75 Å². The number of phenolic OH excluding ortho intramolecular Hbond substituents is 1. The summed E-state index contributed by atoms with van der Waals surface area (Å²) in [6.45, 7) is 4.15. The summed E-state index contributed by atoms with van der Waals surface area (Å²) in [5, 5.41) is 23.1. The van der Waals surface area contributed by atoms with Crippen molar-refractivity contribution >= 4 is 27.2 Å². The highest BCUT2D eigenvalue weighted by Crippen LogP contribution is 2.42. The molecule has 0 spiro atoms. The number of aromatic hydroxyl groups is 1. The van der Waals surface area contributed by atoms with Crippen molar-refractivity contribution in [3.05, 3.63) is 52.5 Å². The Hall–Kier alpha value is -2.60. The molecule has 1 N–H and O–H groups in total. The standard InChI is InChI=1S/C18H16N2O/c1-3-11-5-7-13-15(9-11)18(21)16-10-12(4-2)6-8-14(16)17(13)20-19/h5-10H,3-4H2,1-2H3/p+1. The first-order valence-electron chi connectivity index (χ1n) is 7.24. The molecule has 0 radical (unpaired) electrons. The third-order valence-corrected chi connectivity index (χ3v) is 4.10. The highest BCUT2D eigenvalue weighted by molar-refractivity contribution is 6.16. The van der Waals surface area contributed by atoms with Crippen LogP contribution in [0.2, 0.25) is 0 Å². The lowest BCUT2D eigenvalue weighted by molar-refractivity contribution is 0.487. The fraction of sp³-hybridized carbons (Fsp3) is 0.222. The van der Waals surface area contributed by atoms with Crippen molar-refractivity contribution in [1.82, 2.24) is 0 Å². The van der Waals surface area contributed by atoms with Gasteiger partial charge in [-0.1, -0.05) is 26.0 Å². The minimum atomic E-state index is 0.262. The van der Waals surface area contributed by atoms with Gasteiger partial charge in [0.2, 0.25) is 5.39 Å². The van der Waals surface area contributed by atoms with Gasteiger partial charge >= 0.3 is 5.69 Å². The second-order valence-electron chi connectivity index (χ2n) is 5.26. The van der Waals surface area contributed by atoms with Gasteiger partial charge in [-0.25, -0.2) is 0 Å². The number of phenols is 1. The van der Waals surface area contributed by atoms with Gasteiger partial charge in [-0.2, -0.15) is 0 Å². The number of fused-ring (bicyclic) bond motifs is 2. The Labute approximate surface area is 123 Å². The molecule has 0 heterocycles. The van der Waals surface area contributed by atoms with Gasteiger partial charge in [-0.05, 0) is 48.2 Å². The second-order valence-corrected chi connectivity index (χ2v) is 5.26. The molecule has 0 bridgehead atoms. The van der Waals surface area contributed by atoms with Gasteiger partial charge < -0.3 is 5.11 Å². The van der Waals surface area contributed by atoms with E-state index in [9.17, 15) is 10.5 Å². The number of hydrogen-bond donors (Lipinski definition) is 1. The zero-order valence-corrected chi connectivity index (χ0v) is 12.2. The molecule has 3 heteroatoms. The van der Waals surface area contributed by atoms with E-state index in [1.807, 2.05) is 36.4 Å². The quantitative estimate of drug-likeness (QED) is 0.510. The fourth-order valence-corrected chi connectivity index (χ4v) is 2.83. The monoisotopic (exact) mass is 277 g/mol. The molecular weight excluding hydrogens is 260 g/mol. The summed E-state index contributed by atoms with van der Waals surface area (Å²) in [5.74, 6) is 0.262. The number of benzene rings is 3. The zero-order chi connectivity index (χ0) is 15.0. The molecule has 0 aliphatic heterocycles. The normalized spacial score (nSPS) is 10.9. The van der Waals surface area contributed by atoms with Gasteiger partial charge in [0.1, 0.15) is 5.75 Å². The lowest BCUT2D eigenvalue weighted by Gasteiger charge is -2.07. The third-order valence-electron chi connectivity index (χ3n) is 4.10. The van der Waals surface area contributed by atoms with E-state index < -0.39 is 0 Å². The number of rotatable bonds is 2. The van der Waals surface area contributed by atoms with Crippen LogP contribution >= 0.6 is 0 Å². The summed E-state index contributed by atoms with van der Waals surface area (Å²) in [6.07, 6.45) is 1.79. The zero-order valence-electron chi connectivity index (χ0n) is 12.2. The highest BCUT2D eigenvalue weighted by atomic mass is 16.3. The maximum Gasteiger partial charge on any atom is 0.400 e. The van der Waals surface area contributed by atoms with E-state index in [-0.39, 0.29) is 5.75 Å². The number of diazo groups is 1. The largest absolute Gasteiger partial charge is 0.507 e. The predicted molar refractivity (Wildman–Crippen MR) is 86.6 cm³/mol. The first-order valence-corrected chi connectivity index (χ1v) is 7.24. The minimum Gasteiger partial charge on any atom is -0.507 e. The molecule has 21 heavy (non-hydrogen) atoms. The van der Waals surface area contributed by atoms with E-state index >= 15 is 0 Å². The van der Waals surface area contributed by atoms with E-state index in [0.29, 0.717) is 5.69 Å². The minimum absolute atomic E-state index is 0.262. The Balaban J connectivity index is 2.52. The Kier molecular flexibility index (Phi) is 3.23. The predicted octanol–water partition coefficient (Wildman–Crippen LogP) is 5.31. The summed E-state index contributed by atoms with van der Waals surface area (Å²) in [7, 11) is 0. The molecule has 3 nitrogen and oxygen atoms in total. The second kappa shape index (κ2) is 5.06. The lowest BCUT2D eigenvalue weighted by atomic mass is 9.96. The molecule has 3 aromatic carbocycles. The summed E-state index contributed by atoms with van der Waals surface area (Å²) in [5.41, 5.74) is 2.81. The Morgan fingerprint density at radius 1 is 0.857 bits per heavy atom. The lowest BCUT2D eigenvalue weighted by Crippen LogP contribution is -1.86. The summed E-state index contributed by atoms with van der Waals surface area (Å²) in [4.78, 5) is 3.47. The molecule has 104 valence electrons. The first-order chi connectivity index (χ1) is 10.2. The van der Waals surface area contributed by atoms with E-state index in [2.05, 4.69) is 18.8 Å². The number of nitrogens with zero attached hydrogens (tertiary/aromatic N) is 2. The van der Waals surface area contributed by atoms with Gasteiger partial charge in [-0.3, -0.25) is 0 Å². The molecule has 0 aliphatic carbocycles. The molecule has 0 fully saturated rings. The molecule has 0 aromatic heterocycles. The molecule has 0 aliphatic rings. The average Bonchev–Trinajstić information content (AvgIpc) is 2.55. The van der Waals surface area contributed by atoms with E-state index in [1.165, 1.54) is 0 Å². The molecule has 3 aromatic rings. The van der Waals surface area contributed by atoms with Crippen LogP contribution in [-0.2, 0) is 12.8 Å². The summed E-state index contributed by atoms with van der Waals surface area (Å²) < 4.78 is 0. The summed E-state index contributed by atoms with van der Waals surface area (Å²) >= 11 is 0. The number of aryl methyl sites for hydroxylation is 2. The smallest absolute Gasteiger partial charge is 0.400 e. The summed E-state index contributed by atoms with van der Waals surface area (Å²) in [6, 6.07) is 11.8. The molecule has 0 atom stereocenters. The molecule has 3 rings (SSSR count). The van der Waals surface area contributed by atoms with Crippen molar-refractivity contribution < 1.29 is 5.11 Å². The molecule has 0 saturated heterocycles. The van der Waals surface area contributed by atoms with Gasteiger partial charge in [0, 0.05) is 10.8 Å². The first kappa shape index (κ1) is 13.4. The van der Waals surface area contributed by atoms with E-state index in [0.717, 1.165) is 45.5 Å². The topological polar surface area (TPSA) is 48.4 Å². The van der Waals surface area contributed by atoms with Gasteiger partial charge in [0.15, 0.2) is 4.98 Å². The van der Waals surface area contributed by atoms with Crippen molar-refractivity contribution in [2.24, 2.45) is 0 Å². The van der Waals surface area contributed by atoms with Crippen LogP contribution in [-0.4, -0.2) is 5.11 Å². The maximum atomic E-state index is 10.6. The van der Waals surface area contributed by atoms with Crippen molar-refractivity contribution in [2.45, 2.75) is 26.7 Å². The highest BCUT2D eigenvalue weighted by Gasteiger charge is 2.22. The van der Waals surface area contributed by atoms with Crippen LogP contribution in [0.15, 0.2) is 36.4 Å². The van der Waals surface area contributed by atoms with Gasteiger partial charge in [-0.15, -0.1) is 0 Å². The molecule has 0 unspecified atom stereocenters. The SMILES string of the molecule is CCc1ccc2c([N+]#N)c3ccc(CC)cc3c(O)c2c1. The maximum absolute atomic E-state index is 10.6. The van der Waals surface area contributed by atoms with Crippen LogP contribution in [0, 0.1) is 5.39 Å². The van der Waals surface area contributed by atoms with Crippen LogP contribution in [0.4, 0.5) is 5.69 Å². The fourth-order valence-electron chi connectivity index (χ4n) is 2.83. The van der Waals surface area contributed by atoms with Crippen LogP contribution in [0.3, 0.4) is 0 Å². The van der Waals surface area contributed by atoms with Crippen molar-refractivity contribution in [3.8, 4) is 5.75 Å². The average molecular weight is 277 g/mol.